The van der Waals surface area contributed by atoms with Crippen molar-refractivity contribution in [2.24, 2.45) is 5.16 Å². The normalized spacial score (nSPS) is 19.5. The summed E-state index contributed by atoms with van der Waals surface area (Å²) in [5, 5.41) is 6.87. The maximum absolute atomic E-state index is 12.0. The van der Waals surface area contributed by atoms with Crippen molar-refractivity contribution in [2.45, 2.75) is 12.5 Å². The maximum atomic E-state index is 12.0. The summed E-state index contributed by atoms with van der Waals surface area (Å²) in [6.45, 7) is -0.246. The topological polar surface area (TPSA) is 84.8 Å². The summed E-state index contributed by atoms with van der Waals surface area (Å²) in [5.41, 5.74) is 4.82. The third-order valence-corrected chi connectivity index (χ3v) is 6.37. The Hall–Kier alpha value is -2.67. The number of fused-ring (bicyclic) bond motifs is 3. The predicted octanol–water partition coefficient (Wildman–Crippen LogP) is 1.74. The van der Waals surface area contributed by atoms with Crippen LogP contribution >= 0.6 is 0 Å². The number of rotatable bonds is 4. The van der Waals surface area contributed by atoms with E-state index in [0.717, 1.165) is 22.3 Å². The molecule has 6 nitrogen and oxygen atoms in total. The fourth-order valence-corrected chi connectivity index (χ4v) is 5.10. The molecule has 2 aromatic rings. The van der Waals surface area contributed by atoms with Gasteiger partial charge in [-0.3, -0.25) is 4.79 Å². The molecular formula is C19H18N2O4S. The number of benzene rings is 2. The van der Waals surface area contributed by atoms with E-state index in [1.54, 1.807) is 0 Å². The average molecular weight is 370 g/mol. The smallest absolute Gasteiger partial charge is 0.261 e. The number of nitrogens with one attached hydrogen (secondary N) is 1. The fourth-order valence-electron chi connectivity index (χ4n) is 3.43. The SMILES string of the molecule is O=C(CON=C1c2ccccc2-c2ccccc21)N[C@@H]1CCS(=O)(=O)C1. The van der Waals surface area contributed by atoms with Crippen LogP contribution in [0.5, 0.6) is 0 Å². The van der Waals surface area contributed by atoms with E-state index in [0.29, 0.717) is 12.1 Å². The van der Waals surface area contributed by atoms with Crippen LogP contribution in [0.3, 0.4) is 0 Å². The van der Waals surface area contributed by atoms with Gasteiger partial charge in [0.1, 0.15) is 5.71 Å². The lowest BCUT2D eigenvalue weighted by Crippen LogP contribution is -2.37. The lowest BCUT2D eigenvalue weighted by atomic mass is 10.1. The molecule has 1 N–H and O–H groups in total. The highest BCUT2D eigenvalue weighted by atomic mass is 32.2. The summed E-state index contributed by atoms with van der Waals surface area (Å²) < 4.78 is 22.9. The Bertz CT molecular complexity index is 951. The molecule has 7 heteroatoms. The van der Waals surface area contributed by atoms with Crippen molar-refractivity contribution in [3.63, 3.8) is 0 Å². The van der Waals surface area contributed by atoms with Gasteiger partial charge in [-0.2, -0.15) is 0 Å². The van der Waals surface area contributed by atoms with Crippen LogP contribution in [0.2, 0.25) is 0 Å². The zero-order chi connectivity index (χ0) is 18.1. The molecule has 1 saturated heterocycles. The van der Waals surface area contributed by atoms with Gasteiger partial charge in [-0.05, 0) is 17.5 Å². The second-order valence-electron chi connectivity index (χ2n) is 6.47. The predicted molar refractivity (Wildman–Crippen MR) is 98.7 cm³/mol. The van der Waals surface area contributed by atoms with Crippen LogP contribution in [-0.4, -0.2) is 44.2 Å². The van der Waals surface area contributed by atoms with Gasteiger partial charge in [0, 0.05) is 17.2 Å². The fraction of sp³-hybridized carbons (Fsp3) is 0.263. The first-order chi connectivity index (χ1) is 12.5. The first-order valence-corrected chi connectivity index (χ1v) is 10.2. The van der Waals surface area contributed by atoms with Crippen molar-refractivity contribution in [3.8, 4) is 11.1 Å². The van der Waals surface area contributed by atoms with Crippen LogP contribution in [0, 0.1) is 0 Å². The average Bonchev–Trinajstić information content (AvgIpc) is 3.13. The largest absolute Gasteiger partial charge is 0.385 e. The molecule has 134 valence electrons. The lowest BCUT2D eigenvalue weighted by molar-refractivity contribution is -0.126. The summed E-state index contributed by atoms with van der Waals surface area (Å²) >= 11 is 0. The van der Waals surface area contributed by atoms with Gasteiger partial charge in [0.2, 0.25) is 0 Å². The number of amides is 1. The molecule has 4 rings (SSSR count). The van der Waals surface area contributed by atoms with Crippen molar-refractivity contribution >= 4 is 21.5 Å². The third kappa shape index (κ3) is 3.22. The molecule has 1 heterocycles. The van der Waals surface area contributed by atoms with Gasteiger partial charge in [0.15, 0.2) is 16.4 Å². The molecule has 1 fully saturated rings. The molecule has 0 unspecified atom stereocenters. The number of hydrogen-bond acceptors (Lipinski definition) is 5. The van der Waals surface area contributed by atoms with E-state index in [2.05, 4.69) is 10.5 Å². The minimum absolute atomic E-state index is 0.00594. The van der Waals surface area contributed by atoms with E-state index in [1.807, 2.05) is 48.5 Å². The zero-order valence-corrected chi connectivity index (χ0v) is 14.8. The zero-order valence-electron chi connectivity index (χ0n) is 14.0. The molecule has 0 bridgehead atoms. The van der Waals surface area contributed by atoms with Gasteiger partial charge in [-0.15, -0.1) is 0 Å². The summed E-state index contributed by atoms with van der Waals surface area (Å²) in [6, 6.07) is 15.5. The molecule has 0 spiro atoms. The number of carbonyl (C=O) groups excluding carboxylic acids is 1. The molecular weight excluding hydrogens is 352 g/mol. The van der Waals surface area contributed by atoms with Gasteiger partial charge in [-0.25, -0.2) is 8.42 Å². The number of nitrogens with zero attached hydrogens (tertiary/aromatic N) is 1. The monoisotopic (exact) mass is 370 g/mol. The Balaban J connectivity index is 1.45. The summed E-state index contributed by atoms with van der Waals surface area (Å²) in [4.78, 5) is 17.3. The van der Waals surface area contributed by atoms with Crippen LogP contribution in [0.4, 0.5) is 0 Å². The Kier molecular flexibility index (Phi) is 4.24. The Labute approximate surface area is 151 Å². The van der Waals surface area contributed by atoms with Crippen molar-refractivity contribution < 1.29 is 18.0 Å². The highest BCUT2D eigenvalue weighted by Crippen LogP contribution is 2.36. The molecule has 1 aliphatic heterocycles. The van der Waals surface area contributed by atoms with Gasteiger partial charge in [0.25, 0.3) is 5.91 Å². The number of carbonyl (C=O) groups is 1. The van der Waals surface area contributed by atoms with E-state index in [9.17, 15) is 13.2 Å². The van der Waals surface area contributed by atoms with Crippen LogP contribution < -0.4 is 5.32 Å². The molecule has 1 aliphatic carbocycles. The first-order valence-electron chi connectivity index (χ1n) is 8.42. The van der Waals surface area contributed by atoms with E-state index in [-0.39, 0.29) is 30.1 Å². The summed E-state index contributed by atoms with van der Waals surface area (Å²) in [5.74, 6) is -0.251. The lowest BCUT2D eigenvalue weighted by Gasteiger charge is -2.10. The Morgan fingerprint density at radius 3 is 2.15 bits per heavy atom. The van der Waals surface area contributed by atoms with Gasteiger partial charge >= 0.3 is 0 Å². The minimum Gasteiger partial charge on any atom is -0.385 e. The van der Waals surface area contributed by atoms with E-state index in [4.69, 9.17) is 4.84 Å². The van der Waals surface area contributed by atoms with Crippen LogP contribution in [-0.2, 0) is 19.5 Å². The van der Waals surface area contributed by atoms with E-state index < -0.39 is 9.84 Å². The highest BCUT2D eigenvalue weighted by molar-refractivity contribution is 7.91. The summed E-state index contributed by atoms with van der Waals surface area (Å²) in [7, 11) is -3.02. The molecule has 0 saturated carbocycles. The van der Waals surface area contributed by atoms with Crippen molar-refractivity contribution in [1.29, 1.82) is 0 Å². The second-order valence-corrected chi connectivity index (χ2v) is 8.70. The molecule has 0 radical (unpaired) electrons. The Morgan fingerprint density at radius 2 is 1.62 bits per heavy atom. The van der Waals surface area contributed by atoms with Crippen molar-refractivity contribution in [2.75, 3.05) is 18.1 Å². The van der Waals surface area contributed by atoms with Crippen LogP contribution in [0.1, 0.15) is 17.5 Å². The van der Waals surface area contributed by atoms with Gasteiger partial charge in [-0.1, -0.05) is 53.7 Å². The molecule has 26 heavy (non-hydrogen) atoms. The van der Waals surface area contributed by atoms with Crippen molar-refractivity contribution in [1.82, 2.24) is 5.32 Å². The number of hydrogen-bond donors (Lipinski definition) is 1. The molecule has 1 atom stereocenters. The van der Waals surface area contributed by atoms with Crippen LogP contribution in [0.25, 0.3) is 11.1 Å². The maximum Gasteiger partial charge on any atom is 0.261 e. The number of oxime groups is 1. The van der Waals surface area contributed by atoms with Crippen LogP contribution in [0.15, 0.2) is 53.7 Å². The number of sulfone groups is 1. The van der Waals surface area contributed by atoms with Gasteiger partial charge in [0.05, 0.1) is 11.5 Å². The highest BCUT2D eigenvalue weighted by Gasteiger charge is 2.29. The third-order valence-electron chi connectivity index (χ3n) is 4.60. The first kappa shape index (κ1) is 16.8. The second kappa shape index (κ2) is 6.57. The standard InChI is InChI=1S/C19H18N2O4S/c22-18(20-13-9-10-26(23,24)12-13)11-25-21-19-16-7-3-1-5-14(16)15-6-2-4-8-17(15)19/h1-8,13H,9-12H2,(H,20,22)/t13-/m1/s1. The van der Waals surface area contributed by atoms with Crippen molar-refractivity contribution in [3.05, 3.63) is 59.7 Å². The summed E-state index contributed by atoms with van der Waals surface area (Å²) in [6.07, 6.45) is 0.448. The van der Waals surface area contributed by atoms with E-state index in [1.165, 1.54) is 0 Å². The Morgan fingerprint density at radius 1 is 1.04 bits per heavy atom. The van der Waals surface area contributed by atoms with Gasteiger partial charge < -0.3 is 10.2 Å². The molecule has 1 amide bonds. The minimum atomic E-state index is -3.02. The molecule has 2 aromatic carbocycles. The molecule has 2 aliphatic rings. The molecule has 0 aromatic heterocycles. The van der Waals surface area contributed by atoms with E-state index >= 15 is 0 Å². The quantitative estimate of drug-likeness (QED) is 0.709.